The molecule has 0 heterocycles. The molecule has 1 fully saturated rings. The van der Waals surface area contributed by atoms with Gasteiger partial charge < -0.3 is 0 Å². The predicted molar refractivity (Wildman–Crippen MR) is 65.2 cm³/mol. The largest absolute Gasteiger partial charge is 0.418 e. The molecule has 0 bridgehead atoms. The highest BCUT2D eigenvalue weighted by Gasteiger charge is 2.33. The maximum absolute atomic E-state index is 12.7. The predicted octanol–water partition coefficient (Wildman–Crippen LogP) is 3.34. The second kappa shape index (κ2) is 5.50. The molecule has 2 N–H and O–H groups in total. The zero-order valence-corrected chi connectivity index (χ0v) is 10.3. The van der Waals surface area contributed by atoms with Crippen molar-refractivity contribution in [2.75, 3.05) is 5.43 Å². The van der Waals surface area contributed by atoms with Gasteiger partial charge in [0, 0.05) is 5.92 Å². The van der Waals surface area contributed by atoms with Crippen molar-refractivity contribution >= 4 is 11.6 Å². The molecule has 1 aliphatic carbocycles. The number of hydrazine groups is 1. The van der Waals surface area contributed by atoms with E-state index in [4.69, 9.17) is 0 Å². The Morgan fingerprint density at radius 3 is 2.42 bits per heavy atom. The van der Waals surface area contributed by atoms with Crippen LogP contribution < -0.4 is 10.9 Å². The highest BCUT2D eigenvalue weighted by Crippen LogP contribution is 2.34. The number of anilines is 1. The summed E-state index contributed by atoms with van der Waals surface area (Å²) in [6, 6.07) is 5.06. The third kappa shape index (κ3) is 3.39. The highest BCUT2D eigenvalue weighted by atomic mass is 19.4. The van der Waals surface area contributed by atoms with Gasteiger partial charge in [-0.25, -0.2) is 0 Å². The molecule has 1 saturated carbocycles. The number of benzene rings is 1. The van der Waals surface area contributed by atoms with Gasteiger partial charge >= 0.3 is 6.18 Å². The van der Waals surface area contributed by atoms with Crippen LogP contribution in [0.2, 0.25) is 0 Å². The van der Waals surface area contributed by atoms with Crippen LogP contribution in [-0.2, 0) is 11.0 Å². The summed E-state index contributed by atoms with van der Waals surface area (Å²) in [6.45, 7) is 0. The third-order valence-corrected chi connectivity index (χ3v) is 3.28. The zero-order valence-electron chi connectivity index (χ0n) is 10.3. The highest BCUT2D eigenvalue weighted by molar-refractivity contribution is 5.80. The van der Waals surface area contributed by atoms with Crippen molar-refractivity contribution in [3.05, 3.63) is 29.8 Å². The van der Waals surface area contributed by atoms with E-state index < -0.39 is 11.7 Å². The minimum Gasteiger partial charge on any atom is -0.298 e. The van der Waals surface area contributed by atoms with Crippen molar-refractivity contribution in [3.63, 3.8) is 0 Å². The van der Waals surface area contributed by atoms with Crippen LogP contribution in [0.25, 0.3) is 0 Å². The number of nitrogens with one attached hydrogen (secondary N) is 2. The van der Waals surface area contributed by atoms with E-state index in [-0.39, 0.29) is 17.5 Å². The van der Waals surface area contributed by atoms with Gasteiger partial charge in [-0.2, -0.15) is 13.2 Å². The molecule has 3 nitrogen and oxygen atoms in total. The van der Waals surface area contributed by atoms with Crippen molar-refractivity contribution in [2.24, 2.45) is 5.92 Å². The van der Waals surface area contributed by atoms with Gasteiger partial charge in [0.2, 0.25) is 5.91 Å². The fourth-order valence-corrected chi connectivity index (χ4v) is 2.26. The topological polar surface area (TPSA) is 41.1 Å². The average molecular weight is 272 g/mol. The first kappa shape index (κ1) is 13.7. The lowest BCUT2D eigenvalue weighted by Crippen LogP contribution is -2.34. The monoisotopic (exact) mass is 272 g/mol. The summed E-state index contributed by atoms with van der Waals surface area (Å²) in [5.74, 6) is -0.333. The number of halogens is 3. The van der Waals surface area contributed by atoms with Crippen molar-refractivity contribution in [2.45, 2.75) is 31.9 Å². The number of carbonyl (C=O) groups is 1. The lowest BCUT2D eigenvalue weighted by atomic mass is 10.1. The Hall–Kier alpha value is -1.72. The van der Waals surface area contributed by atoms with Crippen LogP contribution in [0.5, 0.6) is 0 Å². The first-order chi connectivity index (χ1) is 8.98. The van der Waals surface area contributed by atoms with Gasteiger partial charge in [-0.05, 0) is 25.0 Å². The Kier molecular flexibility index (Phi) is 3.97. The van der Waals surface area contributed by atoms with Crippen LogP contribution in [0.15, 0.2) is 24.3 Å². The molecular weight excluding hydrogens is 257 g/mol. The number of rotatable bonds is 3. The van der Waals surface area contributed by atoms with E-state index in [9.17, 15) is 18.0 Å². The Balaban J connectivity index is 2.01. The Labute approximate surface area is 109 Å². The molecule has 0 atom stereocenters. The van der Waals surface area contributed by atoms with Crippen LogP contribution >= 0.6 is 0 Å². The number of hydrogen-bond donors (Lipinski definition) is 2. The van der Waals surface area contributed by atoms with Gasteiger partial charge in [0.1, 0.15) is 0 Å². The summed E-state index contributed by atoms with van der Waals surface area (Å²) >= 11 is 0. The Morgan fingerprint density at radius 1 is 1.16 bits per heavy atom. The summed E-state index contributed by atoms with van der Waals surface area (Å²) in [5.41, 5.74) is 3.81. The smallest absolute Gasteiger partial charge is 0.298 e. The minimum atomic E-state index is -4.44. The van der Waals surface area contributed by atoms with E-state index in [2.05, 4.69) is 10.9 Å². The van der Waals surface area contributed by atoms with Gasteiger partial charge in [0.15, 0.2) is 0 Å². The van der Waals surface area contributed by atoms with Crippen LogP contribution in [0, 0.1) is 5.92 Å². The molecule has 0 aromatic heterocycles. The number of hydrogen-bond acceptors (Lipinski definition) is 2. The lowest BCUT2D eigenvalue weighted by molar-refractivity contribution is -0.137. The molecule has 104 valence electrons. The molecular formula is C13H15F3N2O. The van der Waals surface area contributed by atoms with Gasteiger partial charge in [-0.15, -0.1) is 0 Å². The third-order valence-electron chi connectivity index (χ3n) is 3.28. The quantitative estimate of drug-likeness (QED) is 0.829. The van der Waals surface area contributed by atoms with Gasteiger partial charge in [-0.1, -0.05) is 25.0 Å². The molecule has 0 radical (unpaired) electrons. The summed E-state index contributed by atoms with van der Waals surface area (Å²) in [7, 11) is 0. The molecule has 0 saturated heterocycles. The summed E-state index contributed by atoms with van der Waals surface area (Å²) in [6.07, 6.45) is -0.848. The Morgan fingerprint density at radius 2 is 1.79 bits per heavy atom. The van der Waals surface area contributed by atoms with E-state index in [1.54, 1.807) is 0 Å². The molecule has 0 spiro atoms. The van der Waals surface area contributed by atoms with Crippen LogP contribution in [0.1, 0.15) is 31.2 Å². The van der Waals surface area contributed by atoms with Crippen LogP contribution in [-0.4, -0.2) is 5.91 Å². The molecule has 2 rings (SSSR count). The minimum absolute atomic E-state index is 0.0921. The van der Waals surface area contributed by atoms with E-state index in [0.717, 1.165) is 31.7 Å². The average Bonchev–Trinajstić information content (AvgIpc) is 2.89. The summed E-state index contributed by atoms with van der Waals surface area (Å²) in [5, 5.41) is 0. The van der Waals surface area contributed by atoms with Crippen molar-refractivity contribution in [1.82, 2.24) is 5.43 Å². The first-order valence-corrected chi connectivity index (χ1v) is 6.20. The second-order valence-corrected chi connectivity index (χ2v) is 4.64. The van der Waals surface area contributed by atoms with E-state index in [1.165, 1.54) is 18.2 Å². The zero-order chi connectivity index (χ0) is 13.9. The fourth-order valence-electron chi connectivity index (χ4n) is 2.26. The van der Waals surface area contributed by atoms with E-state index >= 15 is 0 Å². The molecule has 0 aliphatic heterocycles. The Bertz CT molecular complexity index is 453. The van der Waals surface area contributed by atoms with Gasteiger partial charge in [0.05, 0.1) is 11.3 Å². The van der Waals surface area contributed by atoms with Crippen molar-refractivity contribution in [1.29, 1.82) is 0 Å². The fraction of sp³-hybridized carbons (Fsp3) is 0.462. The van der Waals surface area contributed by atoms with Crippen LogP contribution in [0.3, 0.4) is 0 Å². The van der Waals surface area contributed by atoms with E-state index in [0.29, 0.717) is 0 Å². The summed E-state index contributed by atoms with van der Waals surface area (Å²) in [4.78, 5) is 11.7. The van der Waals surface area contributed by atoms with Crippen LogP contribution in [0.4, 0.5) is 18.9 Å². The molecule has 0 unspecified atom stereocenters. The molecule has 19 heavy (non-hydrogen) atoms. The SMILES string of the molecule is O=C(NNc1ccccc1C(F)(F)F)C1CCCC1. The molecule has 1 amide bonds. The van der Waals surface area contributed by atoms with E-state index in [1.807, 2.05) is 0 Å². The number of para-hydroxylation sites is 1. The first-order valence-electron chi connectivity index (χ1n) is 6.20. The second-order valence-electron chi connectivity index (χ2n) is 4.64. The van der Waals surface area contributed by atoms with Crippen molar-refractivity contribution in [3.8, 4) is 0 Å². The molecule has 1 aromatic rings. The van der Waals surface area contributed by atoms with Gasteiger partial charge in [0.25, 0.3) is 0 Å². The maximum Gasteiger partial charge on any atom is 0.418 e. The number of amides is 1. The lowest BCUT2D eigenvalue weighted by Gasteiger charge is -2.16. The summed E-state index contributed by atoms with van der Waals surface area (Å²) < 4.78 is 38.2. The number of alkyl halides is 3. The molecule has 1 aliphatic rings. The van der Waals surface area contributed by atoms with Gasteiger partial charge in [-0.3, -0.25) is 15.6 Å². The molecule has 1 aromatic carbocycles. The normalized spacial score (nSPS) is 16.4. The number of carbonyl (C=O) groups excluding carboxylic acids is 1. The standard InChI is InChI=1S/C13H15F3N2O/c14-13(15,16)10-7-3-4-8-11(10)17-18-12(19)9-5-1-2-6-9/h3-4,7-9,17H,1-2,5-6H2,(H,18,19). The van der Waals surface area contributed by atoms with Crippen molar-refractivity contribution < 1.29 is 18.0 Å². The maximum atomic E-state index is 12.7. The molecule has 6 heteroatoms.